The van der Waals surface area contributed by atoms with Crippen LogP contribution in [0, 0.1) is 22.6 Å². The van der Waals surface area contributed by atoms with Crippen LogP contribution in [0.5, 0.6) is 0 Å². The molecule has 1 aliphatic carbocycles. The van der Waals surface area contributed by atoms with E-state index < -0.39 is 0 Å². The molecule has 0 atom stereocenters. The number of rotatable bonds is 2. The normalized spacial score (nSPS) is 17.9. The Kier molecular flexibility index (Phi) is 2.67. The maximum absolute atomic E-state index is 13.5. The van der Waals surface area contributed by atoms with Gasteiger partial charge < -0.3 is 0 Å². The van der Waals surface area contributed by atoms with Crippen LogP contribution in [0.4, 0.5) is 4.39 Å². The molecule has 0 aromatic heterocycles. The van der Waals surface area contributed by atoms with Crippen LogP contribution in [0.15, 0.2) is 18.2 Å². The van der Waals surface area contributed by atoms with Crippen molar-refractivity contribution in [1.82, 2.24) is 0 Å². The fourth-order valence-corrected chi connectivity index (χ4v) is 2.12. The standard InChI is InChI=1S/C12H11ClFN/c13-10-3-2-9(11(14)6-10)7-12(8-15)4-1-5-12/h2-3,6H,1,4-5,7H2. The van der Waals surface area contributed by atoms with Gasteiger partial charge in [-0.25, -0.2) is 4.39 Å². The molecule has 0 unspecified atom stereocenters. The minimum atomic E-state index is -0.325. The van der Waals surface area contributed by atoms with Crippen LogP contribution < -0.4 is 0 Å². The Morgan fingerprint density at radius 2 is 2.20 bits per heavy atom. The smallest absolute Gasteiger partial charge is 0.127 e. The van der Waals surface area contributed by atoms with Gasteiger partial charge in [0.15, 0.2) is 0 Å². The Morgan fingerprint density at radius 1 is 1.47 bits per heavy atom. The van der Waals surface area contributed by atoms with E-state index in [-0.39, 0.29) is 11.2 Å². The first-order valence-corrected chi connectivity index (χ1v) is 5.38. The quantitative estimate of drug-likeness (QED) is 0.750. The Morgan fingerprint density at radius 3 is 2.67 bits per heavy atom. The van der Waals surface area contributed by atoms with Gasteiger partial charge in [-0.15, -0.1) is 0 Å². The Bertz CT molecular complexity index is 418. The molecule has 0 amide bonds. The van der Waals surface area contributed by atoms with E-state index in [0.29, 0.717) is 17.0 Å². The Labute approximate surface area is 93.5 Å². The molecule has 15 heavy (non-hydrogen) atoms. The van der Waals surface area contributed by atoms with Gasteiger partial charge in [0.25, 0.3) is 0 Å². The zero-order valence-corrected chi connectivity index (χ0v) is 9.02. The second kappa shape index (κ2) is 3.83. The van der Waals surface area contributed by atoms with E-state index in [2.05, 4.69) is 6.07 Å². The second-order valence-electron chi connectivity index (χ2n) is 4.16. The van der Waals surface area contributed by atoms with Crippen LogP contribution in [-0.2, 0) is 6.42 Å². The summed E-state index contributed by atoms with van der Waals surface area (Å²) in [7, 11) is 0. The van der Waals surface area contributed by atoms with Crippen molar-refractivity contribution in [1.29, 1.82) is 5.26 Å². The lowest BCUT2D eigenvalue weighted by molar-refractivity contribution is 0.212. The summed E-state index contributed by atoms with van der Waals surface area (Å²) >= 11 is 5.66. The largest absolute Gasteiger partial charge is 0.207 e. The maximum Gasteiger partial charge on any atom is 0.127 e. The molecule has 1 nitrogen and oxygen atoms in total. The minimum Gasteiger partial charge on any atom is -0.207 e. The molecule has 78 valence electrons. The number of benzene rings is 1. The lowest BCUT2D eigenvalue weighted by atomic mass is 9.66. The fraction of sp³-hybridized carbons (Fsp3) is 0.417. The summed E-state index contributed by atoms with van der Waals surface area (Å²) in [6.07, 6.45) is 3.34. The van der Waals surface area contributed by atoms with Gasteiger partial charge in [-0.3, -0.25) is 0 Å². The lowest BCUT2D eigenvalue weighted by Crippen LogP contribution is -2.30. The van der Waals surface area contributed by atoms with Crippen molar-refractivity contribution < 1.29 is 4.39 Å². The van der Waals surface area contributed by atoms with Gasteiger partial charge in [-0.1, -0.05) is 24.1 Å². The van der Waals surface area contributed by atoms with Crippen LogP contribution in [0.1, 0.15) is 24.8 Å². The molecule has 1 aromatic carbocycles. The predicted molar refractivity (Wildman–Crippen MR) is 57.0 cm³/mol. The molecule has 2 rings (SSSR count). The summed E-state index contributed by atoms with van der Waals surface area (Å²) in [6, 6.07) is 6.96. The summed E-state index contributed by atoms with van der Waals surface area (Å²) in [5.74, 6) is -0.302. The van der Waals surface area contributed by atoms with E-state index in [4.69, 9.17) is 16.9 Å². The molecule has 1 aromatic rings. The van der Waals surface area contributed by atoms with Gasteiger partial charge in [-0.05, 0) is 37.0 Å². The van der Waals surface area contributed by atoms with Crippen molar-refractivity contribution in [2.24, 2.45) is 5.41 Å². The zero-order valence-electron chi connectivity index (χ0n) is 8.26. The molecule has 0 bridgehead atoms. The van der Waals surface area contributed by atoms with Crippen molar-refractivity contribution in [3.8, 4) is 6.07 Å². The van der Waals surface area contributed by atoms with Crippen LogP contribution in [0.25, 0.3) is 0 Å². The van der Waals surface area contributed by atoms with Crippen molar-refractivity contribution in [3.63, 3.8) is 0 Å². The van der Waals surface area contributed by atoms with Gasteiger partial charge in [0, 0.05) is 5.02 Å². The average Bonchev–Trinajstić information content (AvgIpc) is 2.14. The molecule has 0 saturated heterocycles. The lowest BCUT2D eigenvalue weighted by Gasteiger charge is -2.35. The first-order chi connectivity index (χ1) is 7.15. The highest BCUT2D eigenvalue weighted by Gasteiger charge is 2.37. The number of halogens is 2. The van der Waals surface area contributed by atoms with E-state index >= 15 is 0 Å². The first-order valence-electron chi connectivity index (χ1n) is 5.00. The SMILES string of the molecule is N#CC1(Cc2ccc(Cl)cc2F)CCC1. The highest BCUT2D eigenvalue weighted by Crippen LogP contribution is 2.43. The molecule has 0 N–H and O–H groups in total. The van der Waals surface area contributed by atoms with Crippen LogP contribution in [0.3, 0.4) is 0 Å². The zero-order chi connectivity index (χ0) is 10.9. The third kappa shape index (κ3) is 1.98. The molecular weight excluding hydrogens is 213 g/mol. The maximum atomic E-state index is 13.5. The van der Waals surface area contributed by atoms with Crippen molar-refractivity contribution in [2.75, 3.05) is 0 Å². The summed E-state index contributed by atoms with van der Waals surface area (Å²) in [4.78, 5) is 0. The number of nitriles is 1. The monoisotopic (exact) mass is 223 g/mol. The summed E-state index contributed by atoms with van der Waals surface area (Å²) in [5, 5.41) is 9.44. The van der Waals surface area contributed by atoms with Gasteiger partial charge in [-0.2, -0.15) is 5.26 Å². The number of hydrogen-bond donors (Lipinski definition) is 0. The molecule has 0 radical (unpaired) electrons. The molecule has 1 aliphatic rings. The van der Waals surface area contributed by atoms with Crippen LogP contribution in [-0.4, -0.2) is 0 Å². The number of nitrogens with zero attached hydrogens (tertiary/aromatic N) is 1. The summed E-state index contributed by atoms with van der Waals surface area (Å²) < 4.78 is 13.5. The van der Waals surface area contributed by atoms with Crippen LogP contribution >= 0.6 is 11.6 Å². The molecule has 0 spiro atoms. The predicted octanol–water partition coefficient (Wildman–Crippen LogP) is 3.72. The van der Waals surface area contributed by atoms with E-state index in [1.165, 1.54) is 6.07 Å². The molecule has 1 fully saturated rings. The Hall–Kier alpha value is -1.07. The molecule has 0 aliphatic heterocycles. The van der Waals surface area contributed by atoms with E-state index in [1.54, 1.807) is 12.1 Å². The summed E-state index contributed by atoms with van der Waals surface area (Å²) in [5.41, 5.74) is 0.273. The molecule has 0 heterocycles. The second-order valence-corrected chi connectivity index (χ2v) is 4.59. The Balaban J connectivity index is 2.21. The van der Waals surface area contributed by atoms with Gasteiger partial charge in [0.1, 0.15) is 5.82 Å². The average molecular weight is 224 g/mol. The van der Waals surface area contributed by atoms with Gasteiger partial charge >= 0.3 is 0 Å². The first kappa shape index (κ1) is 10.4. The van der Waals surface area contributed by atoms with E-state index in [0.717, 1.165) is 19.3 Å². The highest BCUT2D eigenvalue weighted by molar-refractivity contribution is 6.30. The molecular formula is C12H11ClFN. The van der Waals surface area contributed by atoms with E-state index in [9.17, 15) is 4.39 Å². The topological polar surface area (TPSA) is 23.8 Å². The van der Waals surface area contributed by atoms with Gasteiger partial charge in [0.2, 0.25) is 0 Å². The fourth-order valence-electron chi connectivity index (χ4n) is 1.96. The minimum absolute atomic E-state index is 0.302. The third-order valence-electron chi connectivity index (χ3n) is 3.09. The highest BCUT2D eigenvalue weighted by atomic mass is 35.5. The third-order valence-corrected chi connectivity index (χ3v) is 3.33. The van der Waals surface area contributed by atoms with E-state index in [1.807, 2.05) is 0 Å². The number of hydrogen-bond acceptors (Lipinski definition) is 1. The molecule has 3 heteroatoms. The summed E-state index contributed by atoms with van der Waals surface area (Å²) in [6.45, 7) is 0. The van der Waals surface area contributed by atoms with Crippen molar-refractivity contribution in [3.05, 3.63) is 34.6 Å². The molecule has 1 saturated carbocycles. The van der Waals surface area contributed by atoms with Crippen molar-refractivity contribution in [2.45, 2.75) is 25.7 Å². The van der Waals surface area contributed by atoms with Crippen molar-refractivity contribution >= 4 is 11.6 Å². The van der Waals surface area contributed by atoms with Crippen LogP contribution in [0.2, 0.25) is 5.02 Å². The van der Waals surface area contributed by atoms with Gasteiger partial charge in [0.05, 0.1) is 11.5 Å².